The fourth-order valence-corrected chi connectivity index (χ4v) is 2.58. The summed E-state index contributed by atoms with van der Waals surface area (Å²) >= 11 is 0. The molecule has 1 aromatic heterocycles. The van der Waals surface area contributed by atoms with Gasteiger partial charge in [0.1, 0.15) is 5.56 Å². The van der Waals surface area contributed by atoms with Gasteiger partial charge < -0.3 is 15.0 Å². The molecule has 5 heteroatoms. The molecule has 0 aliphatic carbocycles. The minimum atomic E-state index is -0.622. The first kappa shape index (κ1) is 18.9. The van der Waals surface area contributed by atoms with Gasteiger partial charge in [0, 0.05) is 18.4 Å². The van der Waals surface area contributed by atoms with Crippen LogP contribution in [0.25, 0.3) is 0 Å². The molecule has 0 bridgehead atoms. The molecular formula is C20H26N2O3. The van der Waals surface area contributed by atoms with Gasteiger partial charge in [0.05, 0.1) is 6.10 Å². The maximum absolute atomic E-state index is 12.7. The quantitative estimate of drug-likeness (QED) is 0.844. The Hall–Kier alpha value is -2.40. The number of nitrogens with zero attached hydrogens (tertiary/aromatic N) is 1. The maximum atomic E-state index is 12.7. The van der Waals surface area contributed by atoms with Gasteiger partial charge in [-0.15, -0.1) is 0 Å². The first-order valence-electron chi connectivity index (χ1n) is 8.59. The van der Waals surface area contributed by atoms with Gasteiger partial charge in [-0.2, -0.15) is 0 Å². The number of hydrogen-bond donors (Lipinski definition) is 2. The second-order valence-electron chi connectivity index (χ2n) is 6.81. The average Bonchev–Trinajstić information content (AvgIpc) is 2.54. The number of nitrogens with one attached hydrogen (secondary N) is 1. The maximum Gasteiger partial charge on any atom is 0.263 e. The van der Waals surface area contributed by atoms with Crippen molar-refractivity contribution >= 4 is 11.6 Å². The van der Waals surface area contributed by atoms with E-state index >= 15 is 0 Å². The summed E-state index contributed by atoms with van der Waals surface area (Å²) in [5.74, 6) is 0.0535. The summed E-state index contributed by atoms with van der Waals surface area (Å²) in [7, 11) is 0. The normalized spacial score (nSPS) is 12.2. The van der Waals surface area contributed by atoms with Crippen molar-refractivity contribution in [3.63, 3.8) is 0 Å². The molecule has 1 amide bonds. The number of amides is 1. The van der Waals surface area contributed by atoms with E-state index in [2.05, 4.69) is 19.2 Å². The zero-order valence-corrected chi connectivity index (χ0v) is 15.2. The Kier molecular flexibility index (Phi) is 6.15. The fourth-order valence-electron chi connectivity index (χ4n) is 2.58. The molecule has 25 heavy (non-hydrogen) atoms. The van der Waals surface area contributed by atoms with Crippen LogP contribution >= 0.6 is 0 Å². The molecule has 2 N–H and O–H groups in total. The second-order valence-corrected chi connectivity index (χ2v) is 6.81. The molecular weight excluding hydrogens is 316 g/mol. The number of pyridine rings is 1. The fraction of sp³-hybridized carbons (Fsp3) is 0.400. The van der Waals surface area contributed by atoms with Crippen LogP contribution in [0.15, 0.2) is 41.3 Å². The second kappa shape index (κ2) is 8.12. The van der Waals surface area contributed by atoms with Gasteiger partial charge in [-0.1, -0.05) is 26.0 Å². The first-order valence-corrected chi connectivity index (χ1v) is 8.59. The van der Waals surface area contributed by atoms with E-state index < -0.39 is 12.0 Å². The van der Waals surface area contributed by atoms with Gasteiger partial charge in [0.2, 0.25) is 0 Å². The van der Waals surface area contributed by atoms with E-state index in [-0.39, 0.29) is 11.1 Å². The number of rotatable bonds is 6. The third-order valence-corrected chi connectivity index (χ3v) is 4.17. The smallest absolute Gasteiger partial charge is 0.263 e. The van der Waals surface area contributed by atoms with Gasteiger partial charge in [0.15, 0.2) is 0 Å². The van der Waals surface area contributed by atoms with E-state index in [1.165, 1.54) is 0 Å². The molecule has 0 saturated heterocycles. The summed E-state index contributed by atoms with van der Waals surface area (Å²) in [5, 5.41) is 12.4. The number of aryl methyl sites for hydroxylation is 2. The molecule has 0 spiro atoms. The summed E-state index contributed by atoms with van der Waals surface area (Å²) in [6.45, 7) is 8.21. The summed E-state index contributed by atoms with van der Waals surface area (Å²) in [4.78, 5) is 25.3. The Labute approximate surface area is 148 Å². The van der Waals surface area contributed by atoms with Crippen molar-refractivity contribution in [2.75, 3.05) is 5.32 Å². The number of aromatic nitrogens is 1. The zero-order chi connectivity index (χ0) is 18.6. The molecule has 1 heterocycles. The highest BCUT2D eigenvalue weighted by Gasteiger charge is 2.16. The van der Waals surface area contributed by atoms with Crippen LogP contribution in [0.1, 0.15) is 54.8 Å². The predicted octanol–water partition coefficient (Wildman–Crippen LogP) is 3.51. The molecule has 2 aromatic rings. The van der Waals surface area contributed by atoms with Crippen molar-refractivity contribution in [2.24, 2.45) is 5.92 Å². The van der Waals surface area contributed by atoms with Crippen molar-refractivity contribution in [3.8, 4) is 0 Å². The van der Waals surface area contributed by atoms with E-state index in [1.807, 2.05) is 0 Å². The molecule has 0 saturated carbocycles. The van der Waals surface area contributed by atoms with Gasteiger partial charge in [-0.25, -0.2) is 0 Å². The van der Waals surface area contributed by atoms with Crippen molar-refractivity contribution in [3.05, 3.63) is 63.6 Å². The Morgan fingerprint density at radius 2 is 1.96 bits per heavy atom. The van der Waals surface area contributed by atoms with E-state index in [4.69, 9.17) is 0 Å². The highest BCUT2D eigenvalue weighted by Crippen LogP contribution is 2.18. The zero-order valence-electron chi connectivity index (χ0n) is 15.2. The van der Waals surface area contributed by atoms with Crippen LogP contribution in [-0.4, -0.2) is 15.6 Å². The van der Waals surface area contributed by atoms with Gasteiger partial charge in [0.25, 0.3) is 11.5 Å². The van der Waals surface area contributed by atoms with Crippen LogP contribution in [0, 0.1) is 12.8 Å². The Bertz CT molecular complexity index is 807. The monoisotopic (exact) mass is 342 g/mol. The van der Waals surface area contributed by atoms with Crippen LogP contribution < -0.4 is 10.9 Å². The van der Waals surface area contributed by atoms with Crippen LogP contribution in [0.3, 0.4) is 0 Å². The number of aliphatic hydroxyl groups is 1. The molecule has 0 aliphatic heterocycles. The Morgan fingerprint density at radius 3 is 2.60 bits per heavy atom. The third-order valence-electron chi connectivity index (χ3n) is 4.17. The standard InChI is InChI=1S/C20H26N2O3/c1-13(2)8-10-22-11-9-14(3)18(20(22)25)19(24)21-17-7-5-6-16(12-17)15(4)23/h5-7,9,11-13,15,23H,8,10H2,1-4H3,(H,21,24). The predicted molar refractivity (Wildman–Crippen MR) is 99.9 cm³/mol. The first-order chi connectivity index (χ1) is 11.8. The van der Waals surface area contributed by atoms with E-state index in [1.54, 1.807) is 54.9 Å². The van der Waals surface area contributed by atoms with Gasteiger partial charge >= 0.3 is 0 Å². The summed E-state index contributed by atoms with van der Waals surface area (Å²) in [5.41, 5.74) is 1.80. The minimum Gasteiger partial charge on any atom is -0.389 e. The molecule has 0 aliphatic rings. The lowest BCUT2D eigenvalue weighted by molar-refractivity contribution is 0.102. The van der Waals surface area contributed by atoms with Crippen molar-refractivity contribution in [1.82, 2.24) is 4.57 Å². The summed E-state index contributed by atoms with van der Waals surface area (Å²) in [6, 6.07) is 8.78. The van der Waals surface area contributed by atoms with Crippen molar-refractivity contribution in [2.45, 2.75) is 46.8 Å². The SMILES string of the molecule is Cc1ccn(CCC(C)C)c(=O)c1C(=O)Nc1cccc(C(C)O)c1. The van der Waals surface area contributed by atoms with Gasteiger partial charge in [-0.05, 0) is 55.5 Å². The number of hydrogen-bond acceptors (Lipinski definition) is 3. The number of aliphatic hydroxyl groups excluding tert-OH is 1. The highest BCUT2D eigenvalue weighted by atomic mass is 16.3. The largest absolute Gasteiger partial charge is 0.389 e. The third kappa shape index (κ3) is 4.79. The van der Waals surface area contributed by atoms with E-state index in [9.17, 15) is 14.7 Å². The topological polar surface area (TPSA) is 71.3 Å². The molecule has 0 fully saturated rings. The van der Waals surface area contributed by atoms with Crippen LogP contribution in [0.5, 0.6) is 0 Å². The molecule has 5 nitrogen and oxygen atoms in total. The lowest BCUT2D eigenvalue weighted by Crippen LogP contribution is -2.30. The molecule has 0 radical (unpaired) electrons. The Morgan fingerprint density at radius 1 is 1.24 bits per heavy atom. The molecule has 1 unspecified atom stereocenters. The van der Waals surface area contributed by atoms with E-state index in [0.29, 0.717) is 29.3 Å². The van der Waals surface area contributed by atoms with Crippen LogP contribution in [0.4, 0.5) is 5.69 Å². The number of carbonyl (C=O) groups is 1. The van der Waals surface area contributed by atoms with Crippen molar-refractivity contribution in [1.29, 1.82) is 0 Å². The number of carbonyl (C=O) groups excluding carboxylic acids is 1. The molecule has 134 valence electrons. The van der Waals surface area contributed by atoms with Crippen molar-refractivity contribution < 1.29 is 9.90 Å². The molecule has 2 rings (SSSR count). The van der Waals surface area contributed by atoms with Gasteiger partial charge in [-0.3, -0.25) is 9.59 Å². The molecule has 1 aromatic carbocycles. The highest BCUT2D eigenvalue weighted by molar-refractivity contribution is 6.05. The Balaban J connectivity index is 2.28. The van der Waals surface area contributed by atoms with Crippen LogP contribution in [0.2, 0.25) is 0 Å². The lowest BCUT2D eigenvalue weighted by atomic mass is 10.1. The lowest BCUT2D eigenvalue weighted by Gasteiger charge is -2.13. The molecule has 1 atom stereocenters. The average molecular weight is 342 g/mol. The number of benzene rings is 1. The minimum absolute atomic E-state index is 0.161. The van der Waals surface area contributed by atoms with Crippen LogP contribution in [-0.2, 0) is 6.54 Å². The summed E-state index contributed by atoms with van der Waals surface area (Å²) in [6.07, 6.45) is 1.99. The number of anilines is 1. The van der Waals surface area contributed by atoms with E-state index in [0.717, 1.165) is 6.42 Å². The summed E-state index contributed by atoms with van der Waals surface area (Å²) < 4.78 is 1.59.